The van der Waals surface area contributed by atoms with E-state index in [1.54, 1.807) is 33.1 Å². The van der Waals surface area contributed by atoms with Crippen molar-refractivity contribution in [2.24, 2.45) is 0 Å². The van der Waals surface area contributed by atoms with Crippen LogP contribution in [-0.4, -0.2) is 44.0 Å². The maximum Gasteiger partial charge on any atom is 0.242 e. The molecule has 0 aliphatic heterocycles. The summed E-state index contributed by atoms with van der Waals surface area (Å²) in [4.78, 5) is 26.7. The average Bonchev–Trinajstić information content (AvgIpc) is 2.75. The van der Waals surface area contributed by atoms with Crippen molar-refractivity contribution in [3.8, 4) is 11.5 Å². The highest BCUT2D eigenvalue weighted by Crippen LogP contribution is 2.28. The van der Waals surface area contributed by atoms with Crippen LogP contribution < -0.4 is 14.8 Å². The Labute approximate surface area is 166 Å². The first-order chi connectivity index (χ1) is 13.5. The van der Waals surface area contributed by atoms with Gasteiger partial charge in [0.2, 0.25) is 11.8 Å². The van der Waals surface area contributed by atoms with Crippen LogP contribution in [0, 0.1) is 0 Å². The molecule has 0 fully saturated rings. The Morgan fingerprint density at radius 2 is 1.68 bits per heavy atom. The van der Waals surface area contributed by atoms with E-state index in [9.17, 15) is 9.59 Å². The van der Waals surface area contributed by atoms with E-state index in [4.69, 9.17) is 9.47 Å². The summed E-state index contributed by atoms with van der Waals surface area (Å²) in [5.74, 6) is 1.02. The van der Waals surface area contributed by atoms with Gasteiger partial charge in [-0.1, -0.05) is 36.4 Å². The fraction of sp³-hybridized carbons (Fsp3) is 0.364. The van der Waals surface area contributed by atoms with Gasteiger partial charge in [0.05, 0.1) is 14.2 Å². The molecule has 6 heteroatoms. The minimum Gasteiger partial charge on any atom is -0.493 e. The fourth-order valence-electron chi connectivity index (χ4n) is 3.00. The number of amides is 2. The van der Waals surface area contributed by atoms with Gasteiger partial charge < -0.3 is 19.7 Å². The summed E-state index contributed by atoms with van der Waals surface area (Å²) in [7, 11) is 4.75. The Morgan fingerprint density at radius 1 is 1.00 bits per heavy atom. The minimum absolute atomic E-state index is 0.0743. The van der Waals surface area contributed by atoms with E-state index < -0.39 is 6.04 Å². The fourth-order valence-corrected chi connectivity index (χ4v) is 3.00. The summed E-state index contributed by atoms with van der Waals surface area (Å²) in [5.41, 5.74) is 1.95. The molecule has 0 radical (unpaired) electrons. The molecule has 2 aromatic carbocycles. The Balaban J connectivity index is 2.12. The number of aryl methyl sites for hydroxylation is 1. The first kappa shape index (κ1) is 21.3. The van der Waals surface area contributed by atoms with E-state index in [1.165, 1.54) is 0 Å². The van der Waals surface area contributed by atoms with E-state index in [-0.39, 0.29) is 11.8 Å². The van der Waals surface area contributed by atoms with Crippen LogP contribution in [0.4, 0.5) is 0 Å². The summed E-state index contributed by atoms with van der Waals surface area (Å²) >= 11 is 0. The molecule has 0 saturated heterocycles. The lowest BCUT2D eigenvalue weighted by molar-refractivity contribution is -0.140. The van der Waals surface area contributed by atoms with Crippen molar-refractivity contribution in [3.05, 3.63) is 59.7 Å². The van der Waals surface area contributed by atoms with Gasteiger partial charge in [-0.3, -0.25) is 9.59 Å². The molecule has 0 bridgehead atoms. The Bertz CT molecular complexity index is 792. The first-order valence-corrected chi connectivity index (χ1v) is 9.26. The summed E-state index contributed by atoms with van der Waals surface area (Å²) in [6.45, 7) is 2.14. The average molecular weight is 384 g/mol. The van der Waals surface area contributed by atoms with Crippen LogP contribution in [0.5, 0.6) is 11.5 Å². The molecule has 2 rings (SSSR count). The molecular weight excluding hydrogens is 356 g/mol. The monoisotopic (exact) mass is 384 g/mol. The van der Waals surface area contributed by atoms with Crippen molar-refractivity contribution in [1.29, 1.82) is 0 Å². The van der Waals surface area contributed by atoms with Crippen LogP contribution in [0.3, 0.4) is 0 Å². The second kappa shape index (κ2) is 10.3. The van der Waals surface area contributed by atoms with Crippen LogP contribution in [0.25, 0.3) is 0 Å². The highest BCUT2D eigenvalue weighted by Gasteiger charge is 2.25. The number of benzene rings is 2. The zero-order valence-electron chi connectivity index (χ0n) is 16.9. The van der Waals surface area contributed by atoms with Crippen molar-refractivity contribution in [1.82, 2.24) is 10.2 Å². The van der Waals surface area contributed by atoms with Gasteiger partial charge in [-0.2, -0.15) is 0 Å². The van der Waals surface area contributed by atoms with Gasteiger partial charge in [-0.25, -0.2) is 0 Å². The molecule has 150 valence electrons. The van der Waals surface area contributed by atoms with Gasteiger partial charge in [0.15, 0.2) is 11.5 Å². The topological polar surface area (TPSA) is 67.9 Å². The lowest BCUT2D eigenvalue weighted by Gasteiger charge is -2.28. The Morgan fingerprint density at radius 3 is 2.29 bits per heavy atom. The van der Waals surface area contributed by atoms with Gasteiger partial charge >= 0.3 is 0 Å². The SMILES string of the molecule is CNC(=O)[C@@H](C)N(Cc1ccccc1)C(=O)CCc1ccc(OC)c(OC)c1. The summed E-state index contributed by atoms with van der Waals surface area (Å²) in [6.07, 6.45) is 0.842. The number of hydrogen-bond donors (Lipinski definition) is 1. The number of carbonyl (C=O) groups is 2. The van der Waals surface area contributed by atoms with E-state index >= 15 is 0 Å². The Kier molecular flexibility index (Phi) is 7.87. The lowest BCUT2D eigenvalue weighted by Crippen LogP contribution is -2.46. The van der Waals surface area contributed by atoms with Crippen LogP contribution >= 0.6 is 0 Å². The van der Waals surface area contributed by atoms with Crippen LogP contribution in [0.15, 0.2) is 48.5 Å². The second-order valence-corrected chi connectivity index (χ2v) is 6.49. The maximum absolute atomic E-state index is 13.0. The predicted molar refractivity (Wildman–Crippen MR) is 108 cm³/mol. The quantitative estimate of drug-likeness (QED) is 0.722. The smallest absolute Gasteiger partial charge is 0.242 e. The number of likely N-dealkylation sites (N-methyl/N-ethyl adjacent to an activating group) is 1. The number of ether oxygens (including phenoxy) is 2. The molecule has 0 aliphatic carbocycles. The van der Waals surface area contributed by atoms with Crippen molar-refractivity contribution in [2.75, 3.05) is 21.3 Å². The lowest BCUT2D eigenvalue weighted by atomic mass is 10.1. The number of carbonyl (C=O) groups excluding carboxylic acids is 2. The first-order valence-electron chi connectivity index (χ1n) is 9.26. The standard InChI is InChI=1S/C22H28N2O4/c1-16(22(26)23-2)24(15-18-8-6-5-7-9-18)21(25)13-11-17-10-12-19(27-3)20(14-17)28-4/h5-10,12,14,16H,11,13,15H2,1-4H3,(H,23,26)/t16-/m1/s1. The molecule has 2 amide bonds. The molecule has 0 aromatic heterocycles. The Hall–Kier alpha value is -3.02. The molecule has 1 N–H and O–H groups in total. The largest absolute Gasteiger partial charge is 0.493 e. The van der Waals surface area contributed by atoms with Crippen molar-refractivity contribution >= 4 is 11.8 Å². The normalized spacial score (nSPS) is 11.4. The van der Waals surface area contributed by atoms with Gasteiger partial charge in [0.1, 0.15) is 6.04 Å². The second-order valence-electron chi connectivity index (χ2n) is 6.49. The summed E-state index contributed by atoms with van der Waals surface area (Å²) < 4.78 is 10.6. The third-order valence-corrected chi connectivity index (χ3v) is 4.68. The number of nitrogens with zero attached hydrogens (tertiary/aromatic N) is 1. The van der Waals surface area contributed by atoms with E-state index in [0.29, 0.717) is 30.9 Å². The zero-order valence-corrected chi connectivity index (χ0v) is 16.9. The molecule has 0 spiro atoms. The van der Waals surface area contributed by atoms with E-state index in [2.05, 4.69) is 5.32 Å². The third kappa shape index (κ3) is 5.49. The van der Waals surface area contributed by atoms with E-state index in [1.807, 2.05) is 48.5 Å². The molecule has 2 aromatic rings. The highest BCUT2D eigenvalue weighted by molar-refractivity contribution is 5.87. The maximum atomic E-state index is 13.0. The van der Waals surface area contributed by atoms with Gasteiger partial charge in [-0.15, -0.1) is 0 Å². The number of hydrogen-bond acceptors (Lipinski definition) is 4. The molecule has 1 atom stereocenters. The van der Waals surface area contributed by atoms with E-state index in [0.717, 1.165) is 11.1 Å². The third-order valence-electron chi connectivity index (χ3n) is 4.68. The molecule has 0 heterocycles. The van der Waals surface area contributed by atoms with Crippen LogP contribution in [0.1, 0.15) is 24.5 Å². The minimum atomic E-state index is -0.553. The van der Waals surface area contributed by atoms with Crippen molar-refractivity contribution in [3.63, 3.8) is 0 Å². The zero-order chi connectivity index (χ0) is 20.5. The van der Waals surface area contributed by atoms with Gasteiger partial charge in [0, 0.05) is 20.0 Å². The summed E-state index contributed by atoms with van der Waals surface area (Å²) in [5, 5.41) is 2.62. The molecule has 0 aliphatic rings. The van der Waals surface area contributed by atoms with Crippen molar-refractivity contribution in [2.45, 2.75) is 32.4 Å². The van der Waals surface area contributed by atoms with Gasteiger partial charge in [-0.05, 0) is 36.6 Å². The number of nitrogens with one attached hydrogen (secondary N) is 1. The van der Waals surface area contributed by atoms with Crippen LogP contribution in [-0.2, 0) is 22.6 Å². The van der Waals surface area contributed by atoms with Gasteiger partial charge in [0.25, 0.3) is 0 Å². The number of rotatable bonds is 9. The van der Waals surface area contributed by atoms with Crippen molar-refractivity contribution < 1.29 is 19.1 Å². The molecule has 0 saturated carbocycles. The molecular formula is C22H28N2O4. The van der Waals surface area contributed by atoms with Crippen LogP contribution in [0.2, 0.25) is 0 Å². The number of methoxy groups -OCH3 is 2. The highest BCUT2D eigenvalue weighted by atomic mass is 16.5. The molecule has 28 heavy (non-hydrogen) atoms. The summed E-state index contributed by atoms with van der Waals surface area (Å²) in [6, 6.07) is 14.7. The molecule has 6 nitrogen and oxygen atoms in total. The molecule has 0 unspecified atom stereocenters. The predicted octanol–water partition coefficient (Wildman–Crippen LogP) is 2.80.